The van der Waals surface area contributed by atoms with Crippen molar-refractivity contribution in [1.29, 1.82) is 0 Å². The lowest BCUT2D eigenvalue weighted by atomic mass is 9.93. The zero-order valence-electron chi connectivity index (χ0n) is 12.4. The fourth-order valence-corrected chi connectivity index (χ4v) is 3.80. The number of hydrogen-bond donors (Lipinski definition) is 1. The number of aliphatic hydroxyl groups is 1. The molecule has 0 bridgehead atoms. The fourth-order valence-electron chi connectivity index (χ4n) is 2.47. The molecule has 1 aromatic heterocycles. The van der Waals surface area contributed by atoms with Gasteiger partial charge in [0.25, 0.3) is 10.0 Å². The number of carbonyl (C=O) groups excluding carboxylic acids is 1. The van der Waals surface area contributed by atoms with Gasteiger partial charge in [0.1, 0.15) is 6.61 Å². The van der Waals surface area contributed by atoms with Crippen LogP contribution in [0.1, 0.15) is 11.7 Å². The van der Waals surface area contributed by atoms with Crippen LogP contribution in [-0.2, 0) is 19.6 Å². The summed E-state index contributed by atoms with van der Waals surface area (Å²) < 4.78 is 31.0. The van der Waals surface area contributed by atoms with Gasteiger partial charge in [-0.1, -0.05) is 18.2 Å². The van der Waals surface area contributed by atoms with Gasteiger partial charge in [-0.05, 0) is 30.3 Å². The highest BCUT2D eigenvalue weighted by atomic mass is 35.5. The second kappa shape index (κ2) is 6.08. The minimum absolute atomic E-state index is 0.0218. The normalized spacial score (nSPS) is 19.3. The molecular weight excluding hydrogens is 354 g/mol. The summed E-state index contributed by atoms with van der Waals surface area (Å²) in [6.45, 7) is 3.62. The molecule has 1 aliphatic rings. The summed E-state index contributed by atoms with van der Waals surface area (Å²) in [5.74, 6) is -1.14. The van der Waals surface area contributed by atoms with E-state index in [0.29, 0.717) is 10.6 Å². The maximum Gasteiger partial charge on any atom is 0.333 e. The summed E-state index contributed by atoms with van der Waals surface area (Å²) in [5.41, 5.74) is 0.535. The zero-order valence-corrected chi connectivity index (χ0v) is 14.0. The van der Waals surface area contributed by atoms with E-state index in [9.17, 15) is 18.3 Å². The van der Waals surface area contributed by atoms with Crippen LogP contribution in [0, 0.1) is 5.92 Å². The van der Waals surface area contributed by atoms with E-state index in [1.807, 2.05) is 0 Å². The number of aromatic nitrogens is 1. The monoisotopic (exact) mass is 367 g/mol. The third-order valence-electron chi connectivity index (χ3n) is 3.91. The second-order valence-corrected chi connectivity index (χ2v) is 7.69. The molecule has 0 radical (unpaired) electrons. The molecule has 0 amide bonds. The Kier molecular flexibility index (Phi) is 4.25. The maximum absolute atomic E-state index is 12.6. The zero-order chi connectivity index (χ0) is 17.5. The van der Waals surface area contributed by atoms with Crippen molar-refractivity contribution in [2.24, 2.45) is 5.92 Å². The van der Waals surface area contributed by atoms with E-state index in [0.717, 1.165) is 3.97 Å². The highest BCUT2D eigenvalue weighted by Crippen LogP contribution is 2.33. The van der Waals surface area contributed by atoms with Crippen LogP contribution in [0.4, 0.5) is 0 Å². The van der Waals surface area contributed by atoms with Gasteiger partial charge in [0.15, 0.2) is 0 Å². The molecular formula is C16H14ClNO5S. The lowest BCUT2D eigenvalue weighted by Gasteiger charge is -2.14. The minimum atomic E-state index is -3.79. The molecule has 0 aliphatic carbocycles. The molecule has 3 rings (SSSR count). The lowest BCUT2D eigenvalue weighted by Crippen LogP contribution is -2.15. The number of benzene rings is 1. The van der Waals surface area contributed by atoms with E-state index in [4.69, 9.17) is 16.3 Å². The third-order valence-corrected chi connectivity index (χ3v) is 5.81. The van der Waals surface area contributed by atoms with Crippen molar-refractivity contribution in [3.8, 4) is 0 Å². The summed E-state index contributed by atoms with van der Waals surface area (Å²) in [6.07, 6.45) is 1.57. The van der Waals surface area contributed by atoms with Gasteiger partial charge >= 0.3 is 5.97 Å². The minimum Gasteiger partial charge on any atom is -0.462 e. The van der Waals surface area contributed by atoms with Crippen LogP contribution < -0.4 is 0 Å². The Bertz CT molecular complexity index is 901. The number of aliphatic hydroxyl groups excluding tert-OH is 1. The summed E-state index contributed by atoms with van der Waals surface area (Å²) >= 11 is 5.77. The third kappa shape index (κ3) is 2.86. The predicted octanol–water partition coefficient (Wildman–Crippen LogP) is 2.14. The molecule has 0 spiro atoms. The van der Waals surface area contributed by atoms with Crippen LogP contribution >= 0.6 is 11.6 Å². The summed E-state index contributed by atoms with van der Waals surface area (Å²) in [6, 6.07) is 7.25. The van der Waals surface area contributed by atoms with E-state index in [1.54, 1.807) is 0 Å². The van der Waals surface area contributed by atoms with Crippen LogP contribution in [0.25, 0.3) is 0 Å². The van der Waals surface area contributed by atoms with Gasteiger partial charge in [0.2, 0.25) is 0 Å². The van der Waals surface area contributed by atoms with Gasteiger partial charge in [-0.2, -0.15) is 0 Å². The molecule has 0 saturated carbocycles. The molecule has 1 N–H and O–H groups in total. The van der Waals surface area contributed by atoms with Crippen molar-refractivity contribution in [3.63, 3.8) is 0 Å². The Hall–Kier alpha value is -2.09. The van der Waals surface area contributed by atoms with E-state index in [2.05, 4.69) is 6.58 Å². The number of nitrogens with zero attached hydrogens (tertiary/aromatic N) is 1. The second-order valence-electron chi connectivity index (χ2n) is 5.41. The molecule has 24 heavy (non-hydrogen) atoms. The van der Waals surface area contributed by atoms with Crippen molar-refractivity contribution in [2.45, 2.75) is 11.0 Å². The molecule has 2 heterocycles. The smallest absolute Gasteiger partial charge is 0.333 e. The van der Waals surface area contributed by atoms with Crippen LogP contribution in [0.2, 0.25) is 5.02 Å². The topological polar surface area (TPSA) is 85.6 Å². The summed E-state index contributed by atoms with van der Waals surface area (Å²) in [5, 5.41) is 10.8. The fraction of sp³-hybridized carbons (Fsp3) is 0.188. The van der Waals surface area contributed by atoms with Gasteiger partial charge in [0.05, 0.1) is 16.9 Å². The maximum atomic E-state index is 12.6. The van der Waals surface area contributed by atoms with Crippen molar-refractivity contribution in [1.82, 2.24) is 3.97 Å². The largest absolute Gasteiger partial charge is 0.462 e. The van der Waals surface area contributed by atoms with Crippen molar-refractivity contribution in [2.75, 3.05) is 6.61 Å². The average Bonchev–Trinajstić information content (AvgIpc) is 3.16. The van der Waals surface area contributed by atoms with E-state index in [1.165, 1.54) is 42.7 Å². The molecule has 1 aromatic carbocycles. The quantitative estimate of drug-likeness (QED) is 0.661. The highest BCUT2D eigenvalue weighted by Gasteiger charge is 2.35. The standard InChI is InChI=1S/C16H14ClNO5S/c1-10-14(9-23-16(10)20)15(19)11-6-7-18(8-11)24(21,22)13-4-2-12(17)3-5-13/h2-8,14-15,19H,1,9H2. The van der Waals surface area contributed by atoms with Crippen molar-refractivity contribution >= 4 is 27.6 Å². The van der Waals surface area contributed by atoms with Crippen molar-refractivity contribution in [3.05, 3.63) is 65.5 Å². The van der Waals surface area contributed by atoms with Crippen LogP contribution in [0.15, 0.2) is 59.8 Å². The summed E-state index contributed by atoms with van der Waals surface area (Å²) in [7, 11) is -3.79. The molecule has 2 unspecified atom stereocenters. The molecule has 1 fully saturated rings. The Balaban J connectivity index is 1.89. The van der Waals surface area contributed by atoms with E-state index >= 15 is 0 Å². The van der Waals surface area contributed by atoms with E-state index < -0.39 is 28.0 Å². The van der Waals surface area contributed by atoms with E-state index in [-0.39, 0.29) is 17.1 Å². The molecule has 126 valence electrons. The predicted molar refractivity (Wildman–Crippen MR) is 87.0 cm³/mol. The van der Waals surface area contributed by atoms with Crippen LogP contribution in [0.3, 0.4) is 0 Å². The van der Waals surface area contributed by atoms with Gasteiger partial charge in [-0.25, -0.2) is 17.2 Å². The Labute approximate surface area is 144 Å². The molecule has 1 aliphatic heterocycles. The van der Waals surface area contributed by atoms with Gasteiger partial charge in [-0.3, -0.25) is 0 Å². The number of rotatable bonds is 4. The first-order chi connectivity index (χ1) is 11.3. The first-order valence-electron chi connectivity index (χ1n) is 7.04. The molecule has 1 saturated heterocycles. The first kappa shape index (κ1) is 16.8. The molecule has 2 aromatic rings. The number of cyclic esters (lactones) is 1. The Morgan fingerprint density at radius 2 is 1.96 bits per heavy atom. The average molecular weight is 368 g/mol. The number of ether oxygens (including phenoxy) is 1. The SMILES string of the molecule is C=C1C(=O)OCC1C(O)c1ccn(S(=O)(=O)c2ccc(Cl)cc2)c1. The molecule has 2 atom stereocenters. The lowest BCUT2D eigenvalue weighted by molar-refractivity contribution is -0.135. The van der Waals surface area contributed by atoms with Gasteiger partial charge < -0.3 is 9.84 Å². The Morgan fingerprint density at radius 3 is 2.54 bits per heavy atom. The number of hydrogen-bond acceptors (Lipinski definition) is 5. The Morgan fingerprint density at radius 1 is 1.29 bits per heavy atom. The first-order valence-corrected chi connectivity index (χ1v) is 8.85. The summed E-state index contributed by atoms with van der Waals surface area (Å²) in [4.78, 5) is 11.4. The number of halogens is 1. The number of carbonyl (C=O) groups is 1. The van der Waals surface area contributed by atoms with Crippen LogP contribution in [0.5, 0.6) is 0 Å². The van der Waals surface area contributed by atoms with Gasteiger partial charge in [-0.15, -0.1) is 0 Å². The van der Waals surface area contributed by atoms with Gasteiger partial charge in [0, 0.05) is 28.6 Å². The number of esters is 1. The van der Waals surface area contributed by atoms with Crippen LogP contribution in [-0.4, -0.2) is 30.1 Å². The highest BCUT2D eigenvalue weighted by molar-refractivity contribution is 7.90. The van der Waals surface area contributed by atoms with Crippen molar-refractivity contribution < 1.29 is 23.1 Å². The molecule has 6 nitrogen and oxygen atoms in total. The molecule has 8 heteroatoms.